The minimum absolute atomic E-state index is 0.153. The number of imidazole rings is 1. The largest absolute Gasteiger partial charge is 0.507 e. The number of hydrogen-bond acceptors (Lipinski definition) is 3. The summed E-state index contributed by atoms with van der Waals surface area (Å²) in [5.41, 5.74) is 15.8. The van der Waals surface area contributed by atoms with Crippen molar-refractivity contribution >= 4 is 11.0 Å². The second kappa shape index (κ2) is 14.1. The molecule has 0 saturated heterocycles. The van der Waals surface area contributed by atoms with Gasteiger partial charge in [0.05, 0.1) is 22.3 Å². The first-order valence-electron chi connectivity index (χ1n) is 19.9. The van der Waals surface area contributed by atoms with Gasteiger partial charge in [-0.2, -0.15) is 0 Å². The van der Waals surface area contributed by atoms with Crippen LogP contribution in [-0.2, 0) is 0 Å². The second-order valence-electron chi connectivity index (χ2n) is 13.9. The average Bonchev–Trinajstić information content (AvgIpc) is 3.65. The van der Waals surface area contributed by atoms with E-state index in [-0.39, 0.29) is 5.75 Å². The smallest absolute Gasteiger partial charge is 0.149 e. The zero-order valence-corrected chi connectivity index (χ0v) is 30.5. The lowest BCUT2D eigenvalue weighted by atomic mass is 9.93. The highest BCUT2D eigenvalue weighted by molar-refractivity contribution is 5.98. The average molecular weight is 713 g/mol. The van der Waals surface area contributed by atoms with Gasteiger partial charge in [-0.05, 0) is 131 Å². The molecule has 1 N–H and O–H groups in total. The lowest BCUT2D eigenvalue weighted by Crippen LogP contribution is -2.00. The first kappa shape index (κ1) is 30.4. The van der Waals surface area contributed by atoms with Crippen molar-refractivity contribution in [3.05, 3.63) is 193 Å². The Kier molecular flexibility index (Phi) is 7.78. The predicted octanol–water partition coefficient (Wildman–Crippen LogP) is 13.1. The fraction of sp³-hybridized carbons (Fsp3) is 0.0588. The molecule has 4 heteroatoms. The minimum atomic E-state index is -2.17. The number of fused-ring (bicyclic) bond motifs is 1. The lowest BCUT2D eigenvalue weighted by molar-refractivity contribution is 0.477. The van der Waals surface area contributed by atoms with E-state index in [0.29, 0.717) is 17.0 Å². The standard InChI is InChI=1S/C51H39N3O/c1-33-21-23-37(24-22-33)39-25-26-52-47(31-39)42-29-40(36-13-6-4-7-14-36)28-41(30-42)44-18-12-19-48-50(44)53-51(45-17-10-11-20-49(45)55)54(48)43-27-34(2)35(3)46(32-43)38-15-8-5-9-16-38/h4-32,55H,1-3H3/i1D3. The highest BCUT2D eigenvalue weighted by Gasteiger charge is 2.21. The van der Waals surface area contributed by atoms with Crippen LogP contribution in [0.25, 0.3) is 83.9 Å². The Bertz CT molecular complexity index is 2950. The number of pyridine rings is 1. The summed E-state index contributed by atoms with van der Waals surface area (Å²) in [4.78, 5) is 10.2. The number of rotatable bonds is 7. The summed E-state index contributed by atoms with van der Waals surface area (Å²) >= 11 is 0. The first-order chi connectivity index (χ1) is 28.1. The van der Waals surface area contributed by atoms with Gasteiger partial charge in [0.1, 0.15) is 11.6 Å². The highest BCUT2D eigenvalue weighted by atomic mass is 16.3. The molecule has 9 aromatic rings. The van der Waals surface area contributed by atoms with Crippen LogP contribution < -0.4 is 0 Å². The van der Waals surface area contributed by atoms with Gasteiger partial charge >= 0.3 is 0 Å². The molecule has 0 fully saturated rings. The van der Waals surface area contributed by atoms with E-state index in [1.54, 1.807) is 24.4 Å². The lowest BCUT2D eigenvalue weighted by Gasteiger charge is -2.16. The number of nitrogens with zero attached hydrogens (tertiary/aromatic N) is 3. The van der Waals surface area contributed by atoms with Crippen LogP contribution in [0.15, 0.2) is 176 Å². The number of phenols is 1. The van der Waals surface area contributed by atoms with E-state index in [1.807, 2.05) is 66.7 Å². The van der Waals surface area contributed by atoms with Gasteiger partial charge in [0.15, 0.2) is 0 Å². The molecule has 7 aromatic carbocycles. The van der Waals surface area contributed by atoms with Crippen LogP contribution in [0.1, 0.15) is 20.8 Å². The van der Waals surface area contributed by atoms with Gasteiger partial charge in [-0.25, -0.2) is 4.98 Å². The molecule has 0 aliphatic rings. The van der Waals surface area contributed by atoms with Gasteiger partial charge in [0.2, 0.25) is 0 Å². The zero-order chi connectivity index (χ0) is 40.0. The summed E-state index contributed by atoms with van der Waals surface area (Å²) < 4.78 is 25.6. The maximum Gasteiger partial charge on any atom is 0.149 e. The van der Waals surface area contributed by atoms with Crippen LogP contribution in [0.4, 0.5) is 0 Å². The molecule has 264 valence electrons. The normalized spacial score (nSPS) is 12.3. The van der Waals surface area contributed by atoms with Crippen molar-refractivity contribution in [2.75, 3.05) is 0 Å². The van der Waals surface area contributed by atoms with Gasteiger partial charge in [0.25, 0.3) is 0 Å². The van der Waals surface area contributed by atoms with Crippen LogP contribution >= 0.6 is 0 Å². The van der Waals surface area contributed by atoms with Crippen LogP contribution in [0, 0.1) is 20.7 Å². The van der Waals surface area contributed by atoms with E-state index in [1.165, 1.54) is 5.56 Å². The summed E-state index contributed by atoms with van der Waals surface area (Å²) in [5.74, 6) is 0.793. The fourth-order valence-corrected chi connectivity index (χ4v) is 7.48. The van der Waals surface area contributed by atoms with Crippen molar-refractivity contribution < 1.29 is 9.22 Å². The van der Waals surface area contributed by atoms with Gasteiger partial charge in [-0.1, -0.05) is 115 Å². The Morgan fingerprint density at radius 3 is 1.96 bits per heavy atom. The number of aromatic hydroxyl groups is 1. The molecule has 0 spiro atoms. The number of hydrogen-bond donors (Lipinski definition) is 1. The zero-order valence-electron chi connectivity index (χ0n) is 33.5. The van der Waals surface area contributed by atoms with E-state index < -0.39 is 6.85 Å². The first-order valence-corrected chi connectivity index (χ1v) is 18.4. The third-order valence-corrected chi connectivity index (χ3v) is 10.5. The second-order valence-corrected chi connectivity index (χ2v) is 13.9. The summed E-state index contributed by atoms with van der Waals surface area (Å²) in [6.45, 7) is 2.14. The van der Waals surface area contributed by atoms with Crippen molar-refractivity contribution in [1.82, 2.24) is 14.5 Å². The van der Waals surface area contributed by atoms with Crippen LogP contribution in [0.3, 0.4) is 0 Å². The molecule has 2 aromatic heterocycles. The molecule has 9 rings (SSSR count). The summed E-state index contributed by atoms with van der Waals surface area (Å²) in [6.07, 6.45) is 1.80. The Labute approximate surface area is 325 Å². The molecule has 0 bridgehead atoms. The van der Waals surface area contributed by atoms with Gasteiger partial charge < -0.3 is 5.11 Å². The van der Waals surface area contributed by atoms with E-state index in [9.17, 15) is 5.11 Å². The van der Waals surface area contributed by atoms with E-state index in [4.69, 9.17) is 14.1 Å². The summed E-state index contributed by atoms with van der Waals surface area (Å²) in [5, 5.41) is 11.3. The SMILES string of the molecule is [2H]C([2H])([2H])c1ccc(-c2ccnc(-c3cc(-c4ccccc4)cc(-c4cccc5c4nc(-c4ccccc4O)n5-c4cc(C)c(C)c(-c5ccccc5)c4)c3)c2)cc1. The van der Waals surface area contributed by atoms with Gasteiger partial charge in [-0.3, -0.25) is 9.55 Å². The predicted molar refractivity (Wildman–Crippen MR) is 227 cm³/mol. The van der Waals surface area contributed by atoms with Crippen molar-refractivity contribution in [2.45, 2.75) is 20.7 Å². The molecule has 0 saturated carbocycles. The topological polar surface area (TPSA) is 50.9 Å². The van der Waals surface area contributed by atoms with Gasteiger partial charge in [-0.15, -0.1) is 0 Å². The molecule has 0 aliphatic carbocycles. The summed E-state index contributed by atoms with van der Waals surface area (Å²) in [7, 11) is 0. The third-order valence-electron chi connectivity index (χ3n) is 10.5. The van der Waals surface area contributed by atoms with E-state index in [2.05, 4.69) is 103 Å². The number of phenolic OH excluding ortho intramolecular Hbond substituents is 1. The Hall–Kier alpha value is -7.04. The van der Waals surface area contributed by atoms with Gasteiger partial charge in [0, 0.05) is 27.1 Å². The van der Waals surface area contributed by atoms with Crippen molar-refractivity contribution in [1.29, 1.82) is 0 Å². The van der Waals surface area contributed by atoms with Crippen molar-refractivity contribution in [3.63, 3.8) is 0 Å². The molecular formula is C51H39N3O. The quantitative estimate of drug-likeness (QED) is 0.179. The number of aryl methyl sites for hydroxylation is 2. The molecule has 0 unspecified atom stereocenters. The molecule has 2 heterocycles. The molecule has 0 aliphatic heterocycles. The van der Waals surface area contributed by atoms with Crippen molar-refractivity contribution in [3.8, 4) is 78.6 Å². The fourth-order valence-electron chi connectivity index (χ4n) is 7.48. The third kappa shape index (κ3) is 6.38. The maximum absolute atomic E-state index is 11.3. The molecular weight excluding hydrogens is 671 g/mol. The van der Waals surface area contributed by atoms with Crippen molar-refractivity contribution in [2.24, 2.45) is 0 Å². The monoisotopic (exact) mass is 712 g/mol. The minimum Gasteiger partial charge on any atom is -0.507 e. The highest BCUT2D eigenvalue weighted by Crippen LogP contribution is 2.41. The Morgan fingerprint density at radius 1 is 0.527 bits per heavy atom. The van der Waals surface area contributed by atoms with Crippen LogP contribution in [0.2, 0.25) is 0 Å². The number of para-hydroxylation sites is 2. The van der Waals surface area contributed by atoms with Crippen LogP contribution in [0.5, 0.6) is 5.75 Å². The number of aromatic nitrogens is 3. The molecule has 0 amide bonds. The summed E-state index contributed by atoms with van der Waals surface area (Å²) in [6, 6.07) is 56.3. The van der Waals surface area contributed by atoms with E-state index in [0.717, 1.165) is 78.0 Å². The molecule has 0 radical (unpaired) electrons. The molecule has 4 nitrogen and oxygen atoms in total. The number of benzene rings is 7. The molecule has 0 atom stereocenters. The van der Waals surface area contributed by atoms with Crippen LogP contribution in [-0.4, -0.2) is 19.6 Å². The Morgan fingerprint density at radius 2 is 1.20 bits per heavy atom. The maximum atomic E-state index is 11.3. The molecule has 55 heavy (non-hydrogen) atoms. The Balaban J connectivity index is 1.25. The van der Waals surface area contributed by atoms with E-state index >= 15 is 0 Å².